The van der Waals surface area contributed by atoms with E-state index in [9.17, 15) is 18.0 Å². The van der Waals surface area contributed by atoms with Gasteiger partial charge in [-0.2, -0.15) is 0 Å². The predicted molar refractivity (Wildman–Crippen MR) is 149 cm³/mol. The van der Waals surface area contributed by atoms with Crippen molar-refractivity contribution in [2.75, 3.05) is 18.0 Å². The van der Waals surface area contributed by atoms with Crippen LogP contribution in [0.5, 0.6) is 5.75 Å². The Labute approximate surface area is 229 Å². The number of benzene rings is 3. The number of carbonyl (C=O) groups excluding carboxylic acids is 2. The number of sulfonamides is 1. The Morgan fingerprint density at radius 3 is 2.11 bits per heavy atom. The van der Waals surface area contributed by atoms with Gasteiger partial charge in [0.25, 0.3) is 10.0 Å². The third-order valence-electron chi connectivity index (χ3n) is 5.87. The zero-order valence-electron chi connectivity index (χ0n) is 21.8. The third kappa shape index (κ3) is 7.05. The minimum atomic E-state index is -4.13. The van der Waals surface area contributed by atoms with Gasteiger partial charge in [-0.3, -0.25) is 13.9 Å². The van der Waals surface area contributed by atoms with Crippen LogP contribution in [0.25, 0.3) is 0 Å². The molecule has 3 aromatic carbocycles. The van der Waals surface area contributed by atoms with Crippen molar-refractivity contribution in [1.82, 2.24) is 10.2 Å². The van der Waals surface area contributed by atoms with Gasteiger partial charge in [0.05, 0.1) is 17.7 Å². The molecule has 0 heterocycles. The van der Waals surface area contributed by atoms with Gasteiger partial charge in [0.15, 0.2) is 0 Å². The normalized spacial score (nSPS) is 12.1. The first-order valence-corrected chi connectivity index (χ1v) is 13.9. The lowest BCUT2D eigenvalue weighted by Gasteiger charge is -2.32. The molecule has 0 radical (unpaired) electrons. The summed E-state index contributed by atoms with van der Waals surface area (Å²) in [5.41, 5.74) is 0.911. The fraction of sp³-hybridized carbons (Fsp3) is 0.286. The van der Waals surface area contributed by atoms with Gasteiger partial charge in [-0.15, -0.1) is 0 Å². The topological polar surface area (TPSA) is 96.0 Å². The van der Waals surface area contributed by atoms with Crippen LogP contribution in [0.4, 0.5) is 5.69 Å². The Kier molecular flexibility index (Phi) is 9.77. The lowest BCUT2D eigenvalue weighted by atomic mass is 10.1. The van der Waals surface area contributed by atoms with Crippen LogP contribution in [0.3, 0.4) is 0 Å². The first kappa shape index (κ1) is 29.0. The Balaban J connectivity index is 2.03. The molecule has 2 amide bonds. The molecule has 10 heteroatoms. The number of halogens is 1. The average molecular weight is 558 g/mol. The Bertz CT molecular complexity index is 1350. The molecule has 1 atom stereocenters. The van der Waals surface area contributed by atoms with Gasteiger partial charge in [0.1, 0.15) is 18.3 Å². The molecule has 38 heavy (non-hydrogen) atoms. The van der Waals surface area contributed by atoms with E-state index >= 15 is 0 Å². The SMILES string of the molecule is COc1ccc(N(CC(=O)N(Cc2ccccc2Cl)C(C)C(=O)NC(C)C)S(=O)(=O)c2ccccc2)cc1. The van der Waals surface area contributed by atoms with Crippen molar-refractivity contribution in [3.8, 4) is 5.75 Å². The van der Waals surface area contributed by atoms with Crippen molar-refractivity contribution in [2.24, 2.45) is 0 Å². The number of hydrogen-bond donors (Lipinski definition) is 1. The maximum atomic E-state index is 13.8. The van der Waals surface area contributed by atoms with Crippen molar-refractivity contribution in [3.63, 3.8) is 0 Å². The Morgan fingerprint density at radius 2 is 1.53 bits per heavy atom. The van der Waals surface area contributed by atoms with Crippen LogP contribution in [-0.4, -0.2) is 50.9 Å². The molecule has 0 saturated heterocycles. The highest BCUT2D eigenvalue weighted by Gasteiger charge is 2.32. The summed E-state index contributed by atoms with van der Waals surface area (Å²) in [4.78, 5) is 28.2. The van der Waals surface area contributed by atoms with E-state index in [4.69, 9.17) is 16.3 Å². The smallest absolute Gasteiger partial charge is 0.264 e. The van der Waals surface area contributed by atoms with E-state index in [0.29, 0.717) is 16.3 Å². The van der Waals surface area contributed by atoms with Crippen molar-refractivity contribution < 1.29 is 22.7 Å². The number of nitrogens with one attached hydrogen (secondary N) is 1. The molecule has 0 aliphatic heterocycles. The minimum absolute atomic E-state index is 0.0209. The van der Waals surface area contributed by atoms with E-state index in [0.717, 1.165) is 4.31 Å². The van der Waals surface area contributed by atoms with E-state index in [1.165, 1.54) is 24.1 Å². The van der Waals surface area contributed by atoms with Gasteiger partial charge in [0.2, 0.25) is 11.8 Å². The molecule has 1 unspecified atom stereocenters. The first-order chi connectivity index (χ1) is 18.0. The molecule has 1 N–H and O–H groups in total. The van der Waals surface area contributed by atoms with E-state index in [1.54, 1.807) is 73.7 Å². The van der Waals surface area contributed by atoms with Crippen molar-refractivity contribution in [3.05, 3.63) is 89.4 Å². The van der Waals surface area contributed by atoms with Crippen LogP contribution in [0.2, 0.25) is 5.02 Å². The Hall–Kier alpha value is -3.56. The monoisotopic (exact) mass is 557 g/mol. The van der Waals surface area contributed by atoms with Gasteiger partial charge >= 0.3 is 0 Å². The van der Waals surface area contributed by atoms with Gasteiger partial charge < -0.3 is 15.0 Å². The summed E-state index contributed by atoms with van der Waals surface area (Å²) in [6, 6.07) is 20.2. The van der Waals surface area contributed by atoms with Crippen molar-refractivity contribution >= 4 is 39.1 Å². The van der Waals surface area contributed by atoms with Crippen molar-refractivity contribution in [2.45, 2.75) is 44.3 Å². The summed E-state index contributed by atoms with van der Waals surface area (Å²) in [5, 5.41) is 3.26. The van der Waals surface area contributed by atoms with Gasteiger partial charge in [0, 0.05) is 17.6 Å². The maximum Gasteiger partial charge on any atom is 0.264 e. The lowest BCUT2D eigenvalue weighted by Crippen LogP contribution is -2.52. The second-order valence-corrected chi connectivity index (χ2v) is 11.2. The fourth-order valence-corrected chi connectivity index (χ4v) is 5.43. The summed E-state index contributed by atoms with van der Waals surface area (Å²) < 4.78 is 33.7. The number of rotatable bonds is 11. The van der Waals surface area contributed by atoms with Crippen LogP contribution < -0.4 is 14.4 Å². The molecule has 0 aliphatic rings. The molecular formula is C28H32ClN3O5S. The zero-order valence-corrected chi connectivity index (χ0v) is 23.4. The number of carbonyl (C=O) groups is 2. The van der Waals surface area contributed by atoms with Gasteiger partial charge in [-0.1, -0.05) is 48.0 Å². The molecule has 3 aromatic rings. The molecule has 3 rings (SSSR count). The second kappa shape index (κ2) is 12.8. The summed E-state index contributed by atoms with van der Waals surface area (Å²) in [6.07, 6.45) is 0. The second-order valence-electron chi connectivity index (χ2n) is 8.98. The fourth-order valence-electron chi connectivity index (χ4n) is 3.79. The zero-order chi connectivity index (χ0) is 27.9. The Morgan fingerprint density at radius 1 is 0.921 bits per heavy atom. The molecule has 0 aromatic heterocycles. The summed E-state index contributed by atoms with van der Waals surface area (Å²) in [6.45, 7) is 4.74. The molecule has 0 aliphatic carbocycles. The largest absolute Gasteiger partial charge is 0.497 e. The van der Waals surface area contributed by atoms with Crippen LogP contribution in [0, 0.1) is 0 Å². The highest BCUT2D eigenvalue weighted by molar-refractivity contribution is 7.92. The van der Waals surface area contributed by atoms with E-state index in [1.807, 2.05) is 13.8 Å². The molecule has 0 saturated carbocycles. The first-order valence-electron chi connectivity index (χ1n) is 12.1. The highest BCUT2D eigenvalue weighted by atomic mass is 35.5. The number of ether oxygens (including phenoxy) is 1. The lowest BCUT2D eigenvalue weighted by molar-refractivity contribution is -0.139. The van der Waals surface area contributed by atoms with Crippen LogP contribution in [0.15, 0.2) is 83.8 Å². The third-order valence-corrected chi connectivity index (χ3v) is 8.02. The number of methoxy groups -OCH3 is 1. The van der Waals surface area contributed by atoms with E-state index in [2.05, 4.69) is 5.32 Å². The highest BCUT2D eigenvalue weighted by Crippen LogP contribution is 2.27. The maximum absolute atomic E-state index is 13.8. The van der Waals surface area contributed by atoms with Crippen molar-refractivity contribution in [1.29, 1.82) is 0 Å². The molecule has 0 fully saturated rings. The predicted octanol–water partition coefficient (Wildman–Crippen LogP) is 4.49. The standard InChI is InChI=1S/C28H32ClN3O5S/c1-20(2)30-28(34)21(3)31(18-22-10-8-9-13-26(22)29)27(33)19-32(23-14-16-24(37-4)17-15-23)38(35,36)25-11-6-5-7-12-25/h5-17,20-21H,18-19H2,1-4H3,(H,30,34). The summed E-state index contributed by atoms with van der Waals surface area (Å²) in [7, 11) is -2.62. The van der Waals surface area contributed by atoms with Crippen LogP contribution in [0.1, 0.15) is 26.3 Å². The molecular weight excluding hydrogens is 526 g/mol. The quantitative estimate of drug-likeness (QED) is 0.375. The number of nitrogens with zero attached hydrogens (tertiary/aromatic N) is 2. The number of anilines is 1. The van der Waals surface area contributed by atoms with Gasteiger partial charge in [-0.05, 0) is 68.8 Å². The minimum Gasteiger partial charge on any atom is -0.497 e. The average Bonchev–Trinajstić information content (AvgIpc) is 2.91. The van der Waals surface area contributed by atoms with E-state index in [-0.39, 0.29) is 29.1 Å². The molecule has 0 bridgehead atoms. The van der Waals surface area contributed by atoms with Crippen LogP contribution >= 0.6 is 11.6 Å². The summed E-state index contributed by atoms with van der Waals surface area (Å²) in [5.74, 6) is -0.384. The molecule has 0 spiro atoms. The molecule has 202 valence electrons. The molecule has 8 nitrogen and oxygen atoms in total. The van der Waals surface area contributed by atoms with Gasteiger partial charge in [-0.25, -0.2) is 8.42 Å². The van der Waals surface area contributed by atoms with Crippen LogP contribution in [-0.2, 0) is 26.2 Å². The number of amides is 2. The number of hydrogen-bond acceptors (Lipinski definition) is 5. The van der Waals surface area contributed by atoms with E-state index < -0.39 is 28.5 Å². The summed E-state index contributed by atoms with van der Waals surface area (Å²) >= 11 is 6.37.